The quantitative estimate of drug-likeness (QED) is 0.226. The Hall–Kier alpha value is -3.82. The molecule has 0 aliphatic carbocycles. The van der Waals surface area contributed by atoms with Crippen molar-refractivity contribution in [2.45, 2.75) is 65.5 Å². The third-order valence-electron chi connectivity index (χ3n) is 7.19. The maximum absolute atomic E-state index is 15.6. The van der Waals surface area contributed by atoms with E-state index >= 15 is 4.39 Å². The Bertz CT molecular complexity index is 1470. The van der Waals surface area contributed by atoms with Gasteiger partial charge < -0.3 is 20.6 Å². The van der Waals surface area contributed by atoms with Crippen LogP contribution in [0.4, 0.5) is 4.39 Å². The minimum Gasteiger partial charge on any atom is -0.481 e. The molecule has 1 aromatic heterocycles. The summed E-state index contributed by atoms with van der Waals surface area (Å²) in [6, 6.07) is 9.89. The number of aryl methyl sites for hydroxylation is 3. The van der Waals surface area contributed by atoms with Gasteiger partial charge in [-0.1, -0.05) is 31.0 Å². The fourth-order valence-corrected chi connectivity index (χ4v) is 5.45. The standard InChI is InChI=1S/C33H40ClFN4O4/c1-7-9-26(37-33(43)27-11-8-10-24(36-27)12-13-39(5)6)32(42)38-28(18-29(40)41)25-17-22(14-21(4)31(25)35)30-19(2)15-23(34)16-20(30)3/h8,10-11,14-17,26,28H,7,9,12-13,18H2,1-6H3,(H,37,43)(H,38,42)(H,40,41)/t26-,28-/m0/s1. The van der Waals surface area contributed by atoms with Gasteiger partial charge in [0, 0.05) is 29.2 Å². The molecule has 2 aromatic carbocycles. The number of carboxylic acid groups (broad SMARTS) is 1. The maximum atomic E-state index is 15.6. The Morgan fingerprint density at radius 1 is 1.02 bits per heavy atom. The number of aliphatic carboxylic acids is 1. The number of nitrogens with zero attached hydrogens (tertiary/aromatic N) is 2. The molecule has 0 saturated heterocycles. The monoisotopic (exact) mass is 610 g/mol. The van der Waals surface area contributed by atoms with E-state index < -0.39 is 42.1 Å². The molecule has 0 bridgehead atoms. The van der Waals surface area contributed by atoms with Crippen LogP contribution in [0.15, 0.2) is 42.5 Å². The highest BCUT2D eigenvalue weighted by Gasteiger charge is 2.28. The Morgan fingerprint density at radius 2 is 1.70 bits per heavy atom. The average molecular weight is 611 g/mol. The molecule has 8 nitrogen and oxygen atoms in total. The first-order valence-corrected chi connectivity index (χ1v) is 14.7. The summed E-state index contributed by atoms with van der Waals surface area (Å²) in [5.41, 5.74) is 4.58. The van der Waals surface area contributed by atoms with Crippen LogP contribution in [0, 0.1) is 26.6 Å². The van der Waals surface area contributed by atoms with E-state index in [9.17, 15) is 19.5 Å². The van der Waals surface area contributed by atoms with Crippen molar-refractivity contribution in [1.29, 1.82) is 0 Å². The molecule has 0 aliphatic rings. The van der Waals surface area contributed by atoms with Gasteiger partial charge in [0.25, 0.3) is 5.91 Å². The van der Waals surface area contributed by atoms with Crippen LogP contribution in [0.5, 0.6) is 0 Å². The Balaban J connectivity index is 1.91. The molecule has 3 rings (SSSR count). The average Bonchev–Trinajstić information content (AvgIpc) is 2.92. The van der Waals surface area contributed by atoms with Gasteiger partial charge in [0.1, 0.15) is 17.6 Å². The van der Waals surface area contributed by atoms with Gasteiger partial charge in [-0.25, -0.2) is 9.37 Å². The third kappa shape index (κ3) is 9.08. The van der Waals surface area contributed by atoms with E-state index in [2.05, 4.69) is 15.6 Å². The van der Waals surface area contributed by atoms with Crippen LogP contribution in [0.25, 0.3) is 11.1 Å². The first kappa shape index (κ1) is 33.7. The number of nitrogens with one attached hydrogen (secondary N) is 2. The summed E-state index contributed by atoms with van der Waals surface area (Å²) in [4.78, 5) is 45.0. The number of aromatic nitrogens is 1. The van der Waals surface area contributed by atoms with E-state index in [-0.39, 0.29) is 11.3 Å². The number of hydrogen-bond donors (Lipinski definition) is 3. The second kappa shape index (κ2) is 15.1. The number of likely N-dealkylation sites (N-methyl/N-ethyl adjacent to an activating group) is 1. The Kier molecular flexibility index (Phi) is 11.8. The van der Waals surface area contributed by atoms with Crippen molar-refractivity contribution in [3.05, 3.63) is 86.9 Å². The molecule has 0 spiro atoms. The lowest BCUT2D eigenvalue weighted by atomic mass is 9.90. The number of hydrogen-bond acceptors (Lipinski definition) is 5. The van der Waals surface area contributed by atoms with Gasteiger partial charge in [-0.3, -0.25) is 14.4 Å². The molecule has 2 atom stereocenters. The molecule has 3 aromatic rings. The molecule has 0 fully saturated rings. The zero-order valence-electron chi connectivity index (χ0n) is 25.6. The lowest BCUT2D eigenvalue weighted by Crippen LogP contribution is -2.48. The summed E-state index contributed by atoms with van der Waals surface area (Å²) >= 11 is 6.22. The highest BCUT2D eigenvalue weighted by atomic mass is 35.5. The summed E-state index contributed by atoms with van der Waals surface area (Å²) in [6.07, 6.45) is 0.966. The van der Waals surface area contributed by atoms with Crippen LogP contribution < -0.4 is 10.6 Å². The second-order valence-electron chi connectivity index (χ2n) is 11.2. The van der Waals surface area contributed by atoms with Crippen LogP contribution in [-0.2, 0) is 16.0 Å². The second-order valence-corrected chi connectivity index (χ2v) is 11.6. The number of rotatable bonds is 13. The smallest absolute Gasteiger partial charge is 0.305 e. The molecule has 0 unspecified atom stereocenters. The minimum atomic E-state index is -1.21. The van der Waals surface area contributed by atoms with Gasteiger partial charge in [0.2, 0.25) is 5.91 Å². The lowest BCUT2D eigenvalue weighted by Gasteiger charge is -2.24. The molecule has 3 N–H and O–H groups in total. The lowest BCUT2D eigenvalue weighted by molar-refractivity contribution is -0.137. The van der Waals surface area contributed by atoms with Gasteiger partial charge in [-0.2, -0.15) is 0 Å². The molecule has 2 amide bonds. The van der Waals surface area contributed by atoms with Gasteiger partial charge in [0.15, 0.2) is 0 Å². The van der Waals surface area contributed by atoms with E-state index in [4.69, 9.17) is 11.6 Å². The highest BCUT2D eigenvalue weighted by Crippen LogP contribution is 2.34. The number of pyridine rings is 1. The van der Waals surface area contributed by atoms with Crippen molar-refractivity contribution in [1.82, 2.24) is 20.5 Å². The van der Waals surface area contributed by atoms with Crippen molar-refractivity contribution in [2.75, 3.05) is 20.6 Å². The van der Waals surface area contributed by atoms with Crippen molar-refractivity contribution in [3.63, 3.8) is 0 Å². The number of amides is 2. The summed E-state index contributed by atoms with van der Waals surface area (Å²) < 4.78 is 15.6. The molecular weight excluding hydrogens is 571 g/mol. The summed E-state index contributed by atoms with van der Waals surface area (Å²) in [7, 11) is 3.90. The molecular formula is C33H40ClFN4O4. The zero-order chi connectivity index (χ0) is 31.8. The number of benzene rings is 2. The number of halogens is 2. The van der Waals surface area contributed by atoms with E-state index in [1.54, 1.807) is 31.2 Å². The first-order chi connectivity index (χ1) is 20.3. The van der Waals surface area contributed by atoms with E-state index in [0.29, 0.717) is 35.4 Å². The summed E-state index contributed by atoms with van der Waals surface area (Å²) in [5, 5.41) is 15.7. The van der Waals surface area contributed by atoms with Crippen molar-refractivity contribution in [2.24, 2.45) is 0 Å². The van der Waals surface area contributed by atoms with Gasteiger partial charge in [0.05, 0.1) is 12.5 Å². The molecule has 10 heteroatoms. The van der Waals surface area contributed by atoms with E-state index in [0.717, 1.165) is 28.9 Å². The van der Waals surface area contributed by atoms with Crippen LogP contribution in [0.2, 0.25) is 5.02 Å². The number of carboxylic acids is 1. The third-order valence-corrected chi connectivity index (χ3v) is 7.41. The number of carbonyl (C=O) groups excluding carboxylic acids is 2. The topological polar surface area (TPSA) is 112 Å². The van der Waals surface area contributed by atoms with Crippen molar-refractivity contribution in [3.8, 4) is 11.1 Å². The fourth-order valence-electron chi connectivity index (χ4n) is 5.12. The summed E-state index contributed by atoms with van der Waals surface area (Å²) in [6.45, 7) is 8.02. The largest absolute Gasteiger partial charge is 0.481 e. The van der Waals surface area contributed by atoms with Gasteiger partial charge >= 0.3 is 5.97 Å². The SMILES string of the molecule is CCC[C@H](NC(=O)c1cccc(CCN(C)C)n1)C(=O)N[C@@H](CC(=O)O)c1cc(-c2c(C)cc(Cl)cc2C)cc(C)c1F. The molecule has 0 aliphatic heterocycles. The van der Waals surface area contributed by atoms with Crippen LogP contribution in [0.3, 0.4) is 0 Å². The van der Waals surface area contributed by atoms with Gasteiger partial charge in [-0.15, -0.1) is 0 Å². The molecule has 230 valence electrons. The predicted molar refractivity (Wildman–Crippen MR) is 167 cm³/mol. The molecule has 43 heavy (non-hydrogen) atoms. The Morgan fingerprint density at radius 3 is 2.30 bits per heavy atom. The molecule has 0 radical (unpaired) electrons. The summed E-state index contributed by atoms with van der Waals surface area (Å²) in [5.74, 6) is -2.94. The minimum absolute atomic E-state index is 0.0522. The van der Waals surface area contributed by atoms with Crippen LogP contribution in [0.1, 0.15) is 70.7 Å². The number of carbonyl (C=O) groups is 3. The maximum Gasteiger partial charge on any atom is 0.305 e. The van der Waals surface area contributed by atoms with Crippen LogP contribution >= 0.6 is 11.6 Å². The Labute approximate surface area is 257 Å². The zero-order valence-corrected chi connectivity index (χ0v) is 26.3. The van der Waals surface area contributed by atoms with Crippen molar-refractivity contribution < 1.29 is 23.9 Å². The van der Waals surface area contributed by atoms with E-state index in [1.165, 1.54) is 0 Å². The normalized spacial score (nSPS) is 12.6. The first-order valence-electron chi connectivity index (χ1n) is 14.3. The fraction of sp³-hybridized carbons (Fsp3) is 0.394. The highest BCUT2D eigenvalue weighted by molar-refractivity contribution is 6.30. The van der Waals surface area contributed by atoms with E-state index in [1.807, 2.05) is 58.0 Å². The van der Waals surface area contributed by atoms with Gasteiger partial charge in [-0.05, 0) is 106 Å². The molecule has 0 saturated carbocycles. The van der Waals surface area contributed by atoms with Crippen molar-refractivity contribution >= 4 is 29.4 Å². The predicted octanol–water partition coefficient (Wildman–Crippen LogP) is 5.80. The molecule has 1 heterocycles. The van der Waals surface area contributed by atoms with Crippen LogP contribution in [-0.4, -0.2) is 59.5 Å².